The van der Waals surface area contributed by atoms with Crippen molar-refractivity contribution < 1.29 is 57.5 Å². The van der Waals surface area contributed by atoms with Gasteiger partial charge in [-0.15, -0.1) is 0 Å². The molecule has 4 rings (SSSR count). The number of likely N-dealkylation sites (N-methyl/N-ethyl adjacent to an activating group) is 2. The van der Waals surface area contributed by atoms with E-state index in [9.17, 15) is 24.0 Å². The van der Waals surface area contributed by atoms with E-state index in [-0.39, 0.29) is 123 Å². The van der Waals surface area contributed by atoms with Crippen LogP contribution in [-0.2, 0) is 83.7 Å². The first-order chi connectivity index (χ1) is 57.5. The molecule has 1 unspecified atom stereocenters. The molecular formula is C87H140N20O12. The van der Waals surface area contributed by atoms with E-state index in [2.05, 4.69) is 5.32 Å². The summed E-state index contributed by atoms with van der Waals surface area (Å²) in [4.78, 5) is 192. The maximum absolute atomic E-state index is 15.3. The van der Waals surface area contributed by atoms with Crippen LogP contribution in [0.5, 0.6) is 0 Å². The van der Waals surface area contributed by atoms with Gasteiger partial charge in [-0.2, -0.15) is 0 Å². The fourth-order valence-corrected chi connectivity index (χ4v) is 13.4. The number of nitrogens with two attached hydrogens (primary N) is 8. The SMILES string of the molecule is CNC(=O)CN(Cc1ccccc1)C(=O)CN(CCCCN)C(=O)CN(Cc1ccccc1)C(=O)CN(CCCCN)C(=O)CN(CCCCN)C(=O)CN(CCCCN)C(=O)CN(Cc1ccccc1)C(=O)CC(CCCCN)C(=O)CN(Cc1ccccc1)C(=O)CN(CCCCN)C(=O)CN(CCCCN)C(=O)CN(C)CCCCN. The molecule has 0 aliphatic heterocycles. The number of nitrogens with one attached hydrogen (secondary N) is 1. The molecule has 0 heterocycles. The van der Waals surface area contributed by atoms with E-state index in [1.165, 1.54) is 56.0 Å². The number of unbranched alkanes of at least 4 members (excludes halogenated alkanes) is 8. The van der Waals surface area contributed by atoms with Crippen molar-refractivity contribution in [1.82, 2.24) is 59.2 Å². The summed E-state index contributed by atoms with van der Waals surface area (Å²) in [6.45, 7) is -0.640. The van der Waals surface area contributed by atoms with Gasteiger partial charge in [-0.25, -0.2) is 0 Å². The zero-order chi connectivity index (χ0) is 87.0. The number of Topliss-reactive ketones (excluding diaryl/α,β-unsaturated/α-hetero) is 1. The Balaban J connectivity index is 1.69. The molecule has 0 saturated heterocycles. The van der Waals surface area contributed by atoms with E-state index in [4.69, 9.17) is 45.9 Å². The van der Waals surface area contributed by atoms with E-state index in [0.717, 1.165) is 18.4 Å². The minimum atomic E-state index is -0.992. The fraction of sp³-hybridized carbons (Fsp3) is 0.586. The lowest BCUT2D eigenvalue weighted by atomic mass is 9.92. The van der Waals surface area contributed by atoms with Gasteiger partial charge in [0.2, 0.25) is 65.0 Å². The molecule has 17 N–H and O–H groups in total. The Kier molecular flexibility index (Phi) is 51.9. The predicted molar refractivity (Wildman–Crippen MR) is 463 cm³/mol. The summed E-state index contributed by atoms with van der Waals surface area (Å²) < 4.78 is 0. The van der Waals surface area contributed by atoms with Gasteiger partial charge in [-0.3, -0.25) is 62.4 Å². The second-order valence-electron chi connectivity index (χ2n) is 30.4. The maximum atomic E-state index is 15.3. The van der Waals surface area contributed by atoms with E-state index >= 15 is 33.6 Å². The van der Waals surface area contributed by atoms with Crippen LogP contribution in [0.15, 0.2) is 121 Å². The van der Waals surface area contributed by atoms with Gasteiger partial charge < -0.3 is 100 Å². The lowest BCUT2D eigenvalue weighted by Gasteiger charge is -2.33. The third-order valence-electron chi connectivity index (χ3n) is 20.5. The average molecular weight is 1660 g/mol. The van der Waals surface area contributed by atoms with Crippen molar-refractivity contribution in [2.45, 2.75) is 142 Å². The second kappa shape index (κ2) is 60.8. The molecular weight excluding hydrogens is 1520 g/mol. The smallest absolute Gasteiger partial charge is 0.242 e. The number of hydrogen-bond donors (Lipinski definition) is 9. The molecule has 0 bridgehead atoms. The Labute approximate surface area is 705 Å². The highest BCUT2D eigenvalue weighted by molar-refractivity contribution is 5.96. The average Bonchev–Trinajstić information content (AvgIpc) is 0.850. The van der Waals surface area contributed by atoms with Gasteiger partial charge in [0.25, 0.3) is 0 Å². The van der Waals surface area contributed by atoms with Crippen LogP contribution in [0.2, 0.25) is 0 Å². The lowest BCUT2D eigenvalue weighted by Crippen LogP contribution is -2.52. The Morgan fingerprint density at radius 1 is 0.261 bits per heavy atom. The summed E-state index contributed by atoms with van der Waals surface area (Å²) in [6, 6.07) is 36.1. The van der Waals surface area contributed by atoms with Crippen LogP contribution in [0, 0.1) is 5.92 Å². The van der Waals surface area contributed by atoms with E-state index in [1.54, 1.807) is 60.7 Å². The number of ketones is 1. The molecule has 119 heavy (non-hydrogen) atoms. The molecule has 0 aliphatic rings. The first kappa shape index (κ1) is 102. The van der Waals surface area contributed by atoms with Crippen LogP contribution in [-0.4, -0.2) is 309 Å². The van der Waals surface area contributed by atoms with Crippen LogP contribution < -0.4 is 51.2 Å². The van der Waals surface area contributed by atoms with Gasteiger partial charge in [-0.05, 0) is 191 Å². The Morgan fingerprint density at radius 2 is 0.479 bits per heavy atom. The highest BCUT2D eigenvalue weighted by atomic mass is 16.2. The second-order valence-corrected chi connectivity index (χ2v) is 30.4. The van der Waals surface area contributed by atoms with Gasteiger partial charge in [0, 0.05) is 84.8 Å². The number of carbonyl (C=O) groups is 12. The summed E-state index contributed by atoms with van der Waals surface area (Å²) in [5, 5.41) is 2.57. The third-order valence-corrected chi connectivity index (χ3v) is 20.5. The van der Waals surface area contributed by atoms with Gasteiger partial charge in [-0.1, -0.05) is 128 Å². The Hall–Kier alpha value is -9.64. The molecule has 32 nitrogen and oxygen atoms in total. The van der Waals surface area contributed by atoms with E-state index < -0.39 is 123 Å². The summed E-state index contributed by atoms with van der Waals surface area (Å²) in [5.74, 6) is -7.19. The third kappa shape index (κ3) is 41.3. The number of nitrogens with zero attached hydrogens (tertiary/aromatic N) is 11. The molecule has 4 aromatic carbocycles. The standard InChI is InChI=1S/C87H140N20O12/c1-96-77(109)61-105(57-72-33-9-4-10-34-72)86(118)67-103(54-30-23-47-95)84(116)70-107(59-74-37-13-6-14-38-74)87(119)68-102(53-29-22-46-94)82(114)64-99(50-26-19-43-91)81(113)65-100(51-27-20-44-92)83(115)69-106(58-73-35-11-5-12-36-73)78(110)55-75(39-15-16-40-88)76(108)60-104(56-71-31-7-3-8-32-71)85(117)66-101(52-28-21-45-93)80(112)63-98(49-25-18-42-90)79(111)62-97(2)48-24-17-41-89/h3-14,31-38,75H,15-30,39-70,88-95H2,1-2H3,(H,96,109). The molecule has 4 aromatic rings. The van der Waals surface area contributed by atoms with Gasteiger partial charge >= 0.3 is 0 Å². The number of hydrogen-bond acceptors (Lipinski definition) is 21. The predicted octanol–water partition coefficient (Wildman–Crippen LogP) is 1.63. The monoisotopic (exact) mass is 1660 g/mol. The lowest BCUT2D eigenvalue weighted by molar-refractivity contribution is -0.149. The molecule has 0 fully saturated rings. The zero-order valence-electron chi connectivity index (χ0n) is 71.0. The van der Waals surface area contributed by atoms with Crippen LogP contribution in [0.25, 0.3) is 0 Å². The zero-order valence-corrected chi connectivity index (χ0v) is 71.0. The quantitative estimate of drug-likeness (QED) is 0.0284. The molecule has 0 aliphatic carbocycles. The number of amides is 11. The molecule has 0 radical (unpaired) electrons. The minimum Gasteiger partial charge on any atom is -0.358 e. The topological polar surface area (TPSA) is 461 Å². The van der Waals surface area contributed by atoms with Crippen molar-refractivity contribution in [1.29, 1.82) is 0 Å². The maximum Gasteiger partial charge on any atom is 0.242 e. The number of rotatable bonds is 65. The summed E-state index contributed by atoms with van der Waals surface area (Å²) >= 11 is 0. The van der Waals surface area contributed by atoms with Crippen molar-refractivity contribution in [2.75, 3.05) is 184 Å². The fourth-order valence-electron chi connectivity index (χ4n) is 13.4. The van der Waals surface area contributed by atoms with Crippen molar-refractivity contribution >= 4 is 70.8 Å². The van der Waals surface area contributed by atoms with Crippen molar-refractivity contribution in [3.8, 4) is 0 Å². The molecule has 11 amide bonds. The van der Waals surface area contributed by atoms with Crippen LogP contribution >= 0.6 is 0 Å². The first-order valence-electron chi connectivity index (χ1n) is 42.5. The highest BCUT2D eigenvalue weighted by Gasteiger charge is 2.35. The van der Waals surface area contributed by atoms with E-state index in [1.807, 2.05) is 72.6 Å². The largest absolute Gasteiger partial charge is 0.358 e. The molecule has 0 aromatic heterocycles. The first-order valence-corrected chi connectivity index (χ1v) is 42.5. The summed E-state index contributed by atoms with van der Waals surface area (Å²) in [7, 11) is 3.30. The van der Waals surface area contributed by atoms with Gasteiger partial charge in [0.15, 0.2) is 5.78 Å². The molecule has 660 valence electrons. The van der Waals surface area contributed by atoms with E-state index in [0.29, 0.717) is 146 Å². The Bertz CT molecular complexity index is 3610. The van der Waals surface area contributed by atoms with Gasteiger partial charge in [0.05, 0.1) is 58.9 Å². The number of benzene rings is 4. The van der Waals surface area contributed by atoms with Crippen molar-refractivity contribution in [3.05, 3.63) is 144 Å². The minimum absolute atomic E-state index is 0.0240. The summed E-state index contributed by atoms with van der Waals surface area (Å²) in [6.07, 6.45) is 7.96. The van der Waals surface area contributed by atoms with Gasteiger partial charge in [0.1, 0.15) is 13.1 Å². The molecule has 0 spiro atoms. The Morgan fingerprint density at radius 3 is 0.748 bits per heavy atom. The number of carbonyl (C=O) groups excluding carboxylic acids is 12. The molecule has 1 atom stereocenters. The summed E-state index contributed by atoms with van der Waals surface area (Å²) in [5.41, 5.74) is 50.3. The van der Waals surface area contributed by atoms with Crippen LogP contribution in [0.1, 0.15) is 138 Å². The molecule has 32 heteroatoms. The van der Waals surface area contributed by atoms with Crippen molar-refractivity contribution in [3.63, 3.8) is 0 Å². The molecule has 0 saturated carbocycles. The normalized spacial score (nSPS) is 11.3. The van der Waals surface area contributed by atoms with Crippen LogP contribution in [0.4, 0.5) is 0 Å². The highest BCUT2D eigenvalue weighted by Crippen LogP contribution is 2.22. The van der Waals surface area contributed by atoms with Crippen molar-refractivity contribution in [2.24, 2.45) is 51.8 Å². The van der Waals surface area contributed by atoms with Crippen LogP contribution in [0.3, 0.4) is 0 Å².